The number of ketones is 1. The van der Waals surface area contributed by atoms with Gasteiger partial charge in [-0.1, -0.05) is 46.7 Å². The molecule has 0 radical (unpaired) electrons. The van der Waals surface area contributed by atoms with Crippen molar-refractivity contribution in [3.63, 3.8) is 0 Å². The van der Waals surface area contributed by atoms with Crippen LogP contribution >= 0.6 is 34.5 Å². The van der Waals surface area contributed by atoms with E-state index in [1.165, 1.54) is 16.2 Å². The van der Waals surface area contributed by atoms with Gasteiger partial charge in [0.1, 0.15) is 19.0 Å². The molecule has 0 spiro atoms. The molecule has 2 aliphatic rings. The first-order chi connectivity index (χ1) is 17.4. The Bertz CT molecular complexity index is 1580. The fourth-order valence-electron chi connectivity index (χ4n) is 4.33. The third-order valence-corrected chi connectivity index (χ3v) is 7.50. The predicted molar refractivity (Wildman–Crippen MR) is 138 cm³/mol. The molecule has 7 nitrogen and oxygen atoms in total. The van der Waals surface area contributed by atoms with Crippen molar-refractivity contribution in [1.82, 2.24) is 4.98 Å². The van der Waals surface area contributed by atoms with Crippen molar-refractivity contribution in [2.24, 2.45) is 0 Å². The molecule has 1 atom stereocenters. The van der Waals surface area contributed by atoms with E-state index in [4.69, 9.17) is 32.7 Å². The number of rotatable bonds is 3. The molecular formula is C26H16Cl2N2O5S. The van der Waals surface area contributed by atoms with Crippen LogP contribution in [0.1, 0.15) is 17.2 Å². The van der Waals surface area contributed by atoms with Crippen LogP contribution in [0.25, 0.3) is 16.0 Å². The molecule has 2 aliphatic heterocycles. The van der Waals surface area contributed by atoms with E-state index in [0.717, 1.165) is 4.70 Å². The van der Waals surface area contributed by atoms with Crippen LogP contribution in [0.15, 0.2) is 66.2 Å². The molecule has 1 fully saturated rings. The lowest BCUT2D eigenvalue weighted by atomic mass is 9.95. The topological polar surface area (TPSA) is 89.0 Å². The van der Waals surface area contributed by atoms with Crippen LogP contribution in [0, 0.1) is 0 Å². The maximum absolute atomic E-state index is 13.4. The van der Waals surface area contributed by atoms with E-state index in [1.54, 1.807) is 60.7 Å². The van der Waals surface area contributed by atoms with Crippen LogP contribution in [-0.4, -0.2) is 35.0 Å². The van der Waals surface area contributed by atoms with Crippen molar-refractivity contribution >= 4 is 67.3 Å². The summed E-state index contributed by atoms with van der Waals surface area (Å²) < 4.78 is 11.9. The summed E-state index contributed by atoms with van der Waals surface area (Å²) in [5.41, 5.74) is 1.50. The van der Waals surface area contributed by atoms with E-state index in [-0.39, 0.29) is 11.3 Å². The smallest absolute Gasteiger partial charge is 0.301 e. The van der Waals surface area contributed by atoms with Gasteiger partial charge in [0.25, 0.3) is 5.78 Å². The van der Waals surface area contributed by atoms with Gasteiger partial charge in [-0.15, -0.1) is 0 Å². The number of hydrogen-bond donors (Lipinski definition) is 1. The molecule has 1 aromatic heterocycles. The van der Waals surface area contributed by atoms with Crippen molar-refractivity contribution in [3.8, 4) is 11.5 Å². The Hall–Kier alpha value is -3.59. The van der Waals surface area contributed by atoms with Crippen LogP contribution in [-0.2, 0) is 9.59 Å². The van der Waals surface area contributed by atoms with Gasteiger partial charge in [-0.05, 0) is 54.1 Å². The average Bonchev–Trinajstić information content (AvgIpc) is 3.41. The maximum Gasteiger partial charge on any atom is 0.301 e. The van der Waals surface area contributed by atoms with E-state index in [2.05, 4.69) is 4.98 Å². The van der Waals surface area contributed by atoms with Crippen molar-refractivity contribution < 1.29 is 24.2 Å². The first kappa shape index (κ1) is 22.8. The monoisotopic (exact) mass is 538 g/mol. The van der Waals surface area contributed by atoms with Gasteiger partial charge in [-0.2, -0.15) is 0 Å². The highest BCUT2D eigenvalue weighted by atomic mass is 35.5. The SMILES string of the molecule is O=C1C(=O)N(c2nc3ccc(Cl)cc3s2)[C@@H](c2ccc(Cl)cc2)C1=C(O)c1ccc2c(c1)OCCO2. The molecular weight excluding hydrogens is 523 g/mol. The van der Waals surface area contributed by atoms with Crippen LogP contribution in [0.4, 0.5) is 5.13 Å². The van der Waals surface area contributed by atoms with Crippen LogP contribution in [0.3, 0.4) is 0 Å². The Morgan fingerprint density at radius 3 is 2.44 bits per heavy atom. The number of thiazole rings is 1. The third-order valence-electron chi connectivity index (χ3n) is 5.99. The highest BCUT2D eigenvalue weighted by molar-refractivity contribution is 7.22. The Labute approximate surface area is 219 Å². The molecule has 36 heavy (non-hydrogen) atoms. The fraction of sp³-hybridized carbons (Fsp3) is 0.115. The predicted octanol–water partition coefficient (Wildman–Crippen LogP) is 6.00. The first-order valence-corrected chi connectivity index (χ1v) is 12.5. The molecule has 3 heterocycles. The summed E-state index contributed by atoms with van der Waals surface area (Å²) in [6.07, 6.45) is 0. The number of hydrogen-bond acceptors (Lipinski definition) is 7. The van der Waals surface area contributed by atoms with Crippen molar-refractivity contribution in [3.05, 3.63) is 87.4 Å². The summed E-state index contributed by atoms with van der Waals surface area (Å²) in [5, 5.41) is 12.7. The molecule has 6 rings (SSSR count). The largest absolute Gasteiger partial charge is 0.507 e. The number of aliphatic hydroxyl groups excluding tert-OH is 1. The standard InChI is InChI=1S/C26H16Cl2N2O5S/c27-15-4-1-13(2-5-15)22-21(23(31)14-3-8-18-19(11-14)35-10-9-34-18)24(32)25(33)30(22)26-29-17-7-6-16(28)12-20(17)36-26/h1-8,11-12,22,31H,9-10H2/t22-/m0/s1. The maximum atomic E-state index is 13.4. The molecule has 0 saturated carbocycles. The molecule has 1 N–H and O–H groups in total. The first-order valence-electron chi connectivity index (χ1n) is 10.9. The molecule has 0 bridgehead atoms. The highest BCUT2D eigenvalue weighted by Gasteiger charge is 2.48. The van der Waals surface area contributed by atoms with E-state index >= 15 is 0 Å². The normalized spacial score (nSPS) is 18.7. The number of Topliss-reactive ketones (excluding diaryl/α,β-unsaturated/α-hetero) is 1. The number of ether oxygens (including phenoxy) is 2. The summed E-state index contributed by atoms with van der Waals surface area (Å²) in [6.45, 7) is 0.793. The van der Waals surface area contributed by atoms with E-state index in [9.17, 15) is 14.7 Å². The number of halogens is 2. The van der Waals surface area contributed by atoms with Gasteiger partial charge in [0, 0.05) is 15.6 Å². The van der Waals surface area contributed by atoms with Crippen LogP contribution in [0.2, 0.25) is 10.0 Å². The molecule has 1 saturated heterocycles. The molecule has 180 valence electrons. The van der Waals surface area contributed by atoms with E-state index in [1.807, 2.05) is 0 Å². The molecule has 0 aliphatic carbocycles. The van der Waals surface area contributed by atoms with E-state index in [0.29, 0.717) is 56.5 Å². The second-order valence-corrected chi connectivity index (χ2v) is 10.1. The Kier molecular flexibility index (Phi) is 5.59. The van der Waals surface area contributed by atoms with Gasteiger partial charge >= 0.3 is 5.91 Å². The van der Waals surface area contributed by atoms with Crippen molar-refractivity contribution in [2.45, 2.75) is 6.04 Å². The Morgan fingerprint density at radius 1 is 0.944 bits per heavy atom. The lowest BCUT2D eigenvalue weighted by Crippen LogP contribution is -2.29. The fourth-order valence-corrected chi connectivity index (χ4v) is 5.72. The zero-order valence-electron chi connectivity index (χ0n) is 18.4. The minimum atomic E-state index is -0.925. The van der Waals surface area contributed by atoms with Crippen LogP contribution in [0.5, 0.6) is 11.5 Å². The quantitative estimate of drug-likeness (QED) is 0.195. The number of benzene rings is 3. The molecule has 0 unspecified atom stereocenters. The lowest BCUT2D eigenvalue weighted by Gasteiger charge is -2.23. The summed E-state index contributed by atoms with van der Waals surface area (Å²) in [4.78, 5) is 32.7. The average molecular weight is 539 g/mol. The molecule has 1 amide bonds. The molecule has 10 heteroatoms. The summed E-state index contributed by atoms with van der Waals surface area (Å²) in [5.74, 6) is -0.943. The third kappa shape index (κ3) is 3.78. The summed E-state index contributed by atoms with van der Waals surface area (Å²) in [6, 6.07) is 15.9. The second kappa shape index (κ2) is 8.81. The number of anilines is 1. The number of carbonyl (C=O) groups is 2. The summed E-state index contributed by atoms with van der Waals surface area (Å²) in [7, 11) is 0. The second-order valence-electron chi connectivity index (χ2n) is 8.19. The van der Waals surface area contributed by atoms with Gasteiger partial charge in [-0.3, -0.25) is 14.5 Å². The number of amides is 1. The number of nitrogens with zero attached hydrogens (tertiary/aromatic N) is 2. The zero-order chi connectivity index (χ0) is 25.0. The minimum Gasteiger partial charge on any atom is -0.507 e. The van der Waals surface area contributed by atoms with Gasteiger partial charge < -0.3 is 14.6 Å². The van der Waals surface area contributed by atoms with Crippen LogP contribution < -0.4 is 14.4 Å². The lowest BCUT2D eigenvalue weighted by molar-refractivity contribution is -0.132. The highest BCUT2D eigenvalue weighted by Crippen LogP contribution is 2.45. The van der Waals surface area contributed by atoms with Gasteiger partial charge in [0.15, 0.2) is 16.6 Å². The molecule has 4 aromatic rings. The Balaban J connectivity index is 1.54. The number of aliphatic hydroxyl groups is 1. The van der Waals surface area contributed by atoms with E-state index < -0.39 is 17.7 Å². The summed E-state index contributed by atoms with van der Waals surface area (Å²) >= 11 is 13.5. The Morgan fingerprint density at radius 2 is 1.67 bits per heavy atom. The minimum absolute atomic E-state index is 0.0590. The van der Waals surface area contributed by atoms with Gasteiger partial charge in [0.05, 0.1) is 21.8 Å². The molecule has 3 aromatic carbocycles. The van der Waals surface area contributed by atoms with Crippen molar-refractivity contribution in [1.29, 1.82) is 0 Å². The number of aromatic nitrogens is 1. The zero-order valence-corrected chi connectivity index (χ0v) is 20.7. The van der Waals surface area contributed by atoms with Gasteiger partial charge in [0.2, 0.25) is 0 Å². The number of fused-ring (bicyclic) bond motifs is 2. The van der Waals surface area contributed by atoms with Gasteiger partial charge in [-0.25, -0.2) is 4.98 Å². The number of carbonyl (C=O) groups excluding carboxylic acids is 2. The van der Waals surface area contributed by atoms with Crippen molar-refractivity contribution in [2.75, 3.05) is 18.1 Å².